The number of halogens is 1. The highest BCUT2D eigenvalue weighted by atomic mass is 19.1. The van der Waals surface area contributed by atoms with E-state index in [1.54, 1.807) is 24.5 Å². The summed E-state index contributed by atoms with van der Waals surface area (Å²) in [5.74, 6) is -0.136. The predicted octanol–water partition coefficient (Wildman–Crippen LogP) is 3.00. The molecular formula is C15H15FN2. The van der Waals surface area contributed by atoms with Crippen LogP contribution >= 0.6 is 0 Å². The van der Waals surface area contributed by atoms with E-state index in [0.717, 1.165) is 24.9 Å². The van der Waals surface area contributed by atoms with Crippen LogP contribution in [0, 0.1) is 5.82 Å². The zero-order valence-corrected chi connectivity index (χ0v) is 10.1. The van der Waals surface area contributed by atoms with E-state index in [2.05, 4.69) is 10.3 Å². The molecule has 1 aliphatic carbocycles. The summed E-state index contributed by atoms with van der Waals surface area (Å²) >= 11 is 0. The summed E-state index contributed by atoms with van der Waals surface area (Å²) in [6.07, 6.45) is 5.61. The molecule has 3 rings (SSSR count). The molecule has 1 aliphatic rings. The molecule has 0 saturated carbocycles. The zero-order chi connectivity index (χ0) is 12.4. The van der Waals surface area contributed by atoms with Gasteiger partial charge in [-0.05, 0) is 53.8 Å². The molecule has 0 fully saturated rings. The Hall–Kier alpha value is -1.74. The van der Waals surface area contributed by atoms with Gasteiger partial charge in [-0.2, -0.15) is 0 Å². The predicted molar refractivity (Wildman–Crippen MR) is 68.5 cm³/mol. The van der Waals surface area contributed by atoms with Crippen LogP contribution in [-0.2, 0) is 13.0 Å². The van der Waals surface area contributed by atoms with E-state index in [0.29, 0.717) is 6.04 Å². The van der Waals surface area contributed by atoms with Gasteiger partial charge in [-0.15, -0.1) is 0 Å². The van der Waals surface area contributed by atoms with Gasteiger partial charge in [0.25, 0.3) is 0 Å². The first kappa shape index (κ1) is 11.4. The van der Waals surface area contributed by atoms with Crippen LogP contribution in [0.15, 0.2) is 42.7 Å². The molecular weight excluding hydrogens is 227 g/mol. The molecule has 0 aliphatic heterocycles. The Morgan fingerprint density at radius 3 is 2.89 bits per heavy atom. The smallest absolute Gasteiger partial charge is 0.123 e. The average molecular weight is 242 g/mol. The Morgan fingerprint density at radius 2 is 2.06 bits per heavy atom. The topological polar surface area (TPSA) is 24.9 Å². The third-order valence-corrected chi connectivity index (χ3v) is 3.48. The maximum Gasteiger partial charge on any atom is 0.123 e. The molecule has 1 aromatic carbocycles. The third kappa shape index (κ3) is 2.27. The van der Waals surface area contributed by atoms with Crippen molar-refractivity contribution in [1.29, 1.82) is 0 Å². The number of aromatic nitrogens is 1. The summed E-state index contributed by atoms with van der Waals surface area (Å²) in [7, 11) is 0. The van der Waals surface area contributed by atoms with Crippen LogP contribution < -0.4 is 5.32 Å². The lowest BCUT2D eigenvalue weighted by Gasteiger charge is -2.14. The summed E-state index contributed by atoms with van der Waals surface area (Å²) in [6.45, 7) is 0.823. The Bertz CT molecular complexity index is 539. The maximum atomic E-state index is 13.1. The van der Waals surface area contributed by atoms with Crippen molar-refractivity contribution in [3.63, 3.8) is 0 Å². The fraction of sp³-hybridized carbons (Fsp3) is 0.267. The molecule has 1 aromatic heterocycles. The molecule has 0 saturated heterocycles. The summed E-state index contributed by atoms with van der Waals surface area (Å²) < 4.78 is 13.1. The fourth-order valence-corrected chi connectivity index (χ4v) is 2.54. The van der Waals surface area contributed by atoms with Gasteiger partial charge >= 0.3 is 0 Å². The van der Waals surface area contributed by atoms with Crippen LogP contribution in [0.2, 0.25) is 0 Å². The summed E-state index contributed by atoms with van der Waals surface area (Å²) in [5.41, 5.74) is 3.60. The first-order valence-corrected chi connectivity index (χ1v) is 6.23. The molecule has 3 heteroatoms. The lowest BCUT2D eigenvalue weighted by Crippen LogP contribution is -2.18. The standard InChI is InChI=1S/C15H15FN2/c16-13-2-3-14-12(9-13)1-4-15(14)18-10-11-5-7-17-8-6-11/h2-3,5-9,15,18H,1,4,10H2. The van der Waals surface area contributed by atoms with Crippen molar-refractivity contribution in [2.24, 2.45) is 0 Å². The van der Waals surface area contributed by atoms with Gasteiger partial charge in [0.2, 0.25) is 0 Å². The van der Waals surface area contributed by atoms with Gasteiger partial charge < -0.3 is 5.32 Å². The number of pyridine rings is 1. The van der Waals surface area contributed by atoms with Crippen LogP contribution in [0.5, 0.6) is 0 Å². The average Bonchev–Trinajstić information content (AvgIpc) is 2.80. The minimum atomic E-state index is -0.136. The first-order chi connectivity index (χ1) is 8.83. The Labute approximate surface area is 106 Å². The molecule has 0 bridgehead atoms. The molecule has 1 heterocycles. The number of nitrogens with one attached hydrogen (secondary N) is 1. The second-order valence-corrected chi connectivity index (χ2v) is 4.67. The molecule has 1 atom stereocenters. The van der Waals surface area contributed by atoms with Crippen molar-refractivity contribution < 1.29 is 4.39 Å². The van der Waals surface area contributed by atoms with Crippen molar-refractivity contribution in [2.45, 2.75) is 25.4 Å². The van der Waals surface area contributed by atoms with Crippen molar-refractivity contribution in [2.75, 3.05) is 0 Å². The van der Waals surface area contributed by atoms with Crippen LogP contribution in [0.25, 0.3) is 0 Å². The van der Waals surface area contributed by atoms with Gasteiger partial charge in [0, 0.05) is 25.0 Å². The highest BCUT2D eigenvalue weighted by molar-refractivity contribution is 5.35. The largest absolute Gasteiger partial charge is 0.306 e. The van der Waals surface area contributed by atoms with E-state index in [1.165, 1.54) is 11.1 Å². The van der Waals surface area contributed by atoms with Gasteiger partial charge in [0.05, 0.1) is 0 Å². The SMILES string of the molecule is Fc1ccc2c(c1)CCC2NCc1ccncc1. The second-order valence-electron chi connectivity index (χ2n) is 4.67. The number of fused-ring (bicyclic) bond motifs is 1. The van der Waals surface area contributed by atoms with Crippen molar-refractivity contribution in [1.82, 2.24) is 10.3 Å². The molecule has 18 heavy (non-hydrogen) atoms. The van der Waals surface area contributed by atoms with Gasteiger partial charge in [-0.1, -0.05) is 6.07 Å². The Morgan fingerprint density at radius 1 is 1.22 bits per heavy atom. The van der Waals surface area contributed by atoms with Crippen molar-refractivity contribution in [3.05, 3.63) is 65.2 Å². The zero-order valence-electron chi connectivity index (χ0n) is 10.1. The number of rotatable bonds is 3. The Kier molecular flexibility index (Phi) is 3.07. The normalized spacial score (nSPS) is 17.7. The molecule has 2 aromatic rings. The first-order valence-electron chi connectivity index (χ1n) is 6.23. The van der Waals surface area contributed by atoms with Crippen molar-refractivity contribution in [3.8, 4) is 0 Å². The van der Waals surface area contributed by atoms with Gasteiger partial charge in [0.1, 0.15) is 5.82 Å². The molecule has 0 radical (unpaired) electrons. The Balaban J connectivity index is 1.70. The van der Waals surface area contributed by atoms with Gasteiger partial charge in [-0.25, -0.2) is 4.39 Å². The summed E-state index contributed by atoms with van der Waals surface area (Å²) in [6, 6.07) is 9.46. The van der Waals surface area contributed by atoms with Crippen LogP contribution in [0.1, 0.15) is 29.2 Å². The van der Waals surface area contributed by atoms with E-state index in [-0.39, 0.29) is 5.82 Å². The van der Waals surface area contributed by atoms with E-state index in [1.807, 2.05) is 18.2 Å². The monoisotopic (exact) mass is 242 g/mol. The lowest BCUT2D eigenvalue weighted by atomic mass is 10.1. The molecule has 0 amide bonds. The highest BCUT2D eigenvalue weighted by Crippen LogP contribution is 2.31. The number of benzene rings is 1. The molecule has 2 nitrogen and oxygen atoms in total. The molecule has 0 spiro atoms. The third-order valence-electron chi connectivity index (χ3n) is 3.48. The van der Waals surface area contributed by atoms with Gasteiger partial charge in [0.15, 0.2) is 0 Å². The van der Waals surface area contributed by atoms with Crippen molar-refractivity contribution >= 4 is 0 Å². The minimum absolute atomic E-state index is 0.136. The van der Waals surface area contributed by atoms with Crippen LogP contribution in [-0.4, -0.2) is 4.98 Å². The summed E-state index contributed by atoms with van der Waals surface area (Å²) in [5, 5.41) is 3.52. The quantitative estimate of drug-likeness (QED) is 0.895. The summed E-state index contributed by atoms with van der Waals surface area (Å²) in [4.78, 5) is 4.00. The van der Waals surface area contributed by atoms with E-state index < -0.39 is 0 Å². The molecule has 92 valence electrons. The molecule has 1 unspecified atom stereocenters. The minimum Gasteiger partial charge on any atom is -0.306 e. The van der Waals surface area contributed by atoms with Crippen LogP contribution in [0.3, 0.4) is 0 Å². The van der Waals surface area contributed by atoms with Gasteiger partial charge in [-0.3, -0.25) is 4.98 Å². The number of aryl methyl sites for hydroxylation is 1. The van der Waals surface area contributed by atoms with E-state index in [4.69, 9.17) is 0 Å². The number of nitrogens with zero attached hydrogens (tertiary/aromatic N) is 1. The number of hydrogen-bond donors (Lipinski definition) is 1. The highest BCUT2D eigenvalue weighted by Gasteiger charge is 2.21. The van der Waals surface area contributed by atoms with E-state index in [9.17, 15) is 4.39 Å². The number of hydrogen-bond acceptors (Lipinski definition) is 2. The van der Waals surface area contributed by atoms with E-state index >= 15 is 0 Å². The lowest BCUT2D eigenvalue weighted by molar-refractivity contribution is 0.530. The maximum absolute atomic E-state index is 13.1. The van der Waals surface area contributed by atoms with Crippen LogP contribution in [0.4, 0.5) is 4.39 Å². The molecule has 1 N–H and O–H groups in total. The second kappa shape index (κ2) is 4.86. The fourth-order valence-electron chi connectivity index (χ4n) is 2.54.